The molecule has 4 nitrogen and oxygen atoms in total. The van der Waals surface area contributed by atoms with Gasteiger partial charge in [0.2, 0.25) is 0 Å². The van der Waals surface area contributed by atoms with Gasteiger partial charge in [0.1, 0.15) is 17.1 Å². The minimum Gasteiger partial charge on any atom is -0.507 e. The second-order valence-corrected chi connectivity index (χ2v) is 3.57. The summed E-state index contributed by atoms with van der Waals surface area (Å²) in [4.78, 5) is 10.8. The molecular weight excluding hydrogens is 196 g/mol. The van der Waals surface area contributed by atoms with Gasteiger partial charge in [0.25, 0.3) is 0 Å². The Hall–Kier alpha value is -1.71. The van der Waals surface area contributed by atoms with Crippen molar-refractivity contribution in [3.8, 4) is 11.5 Å². The van der Waals surface area contributed by atoms with E-state index in [9.17, 15) is 9.90 Å². The molecule has 0 spiro atoms. The number of ether oxygens (including phenoxy) is 1. The Bertz CT molecular complexity index is 382. The van der Waals surface area contributed by atoms with Gasteiger partial charge in [-0.2, -0.15) is 0 Å². The van der Waals surface area contributed by atoms with Gasteiger partial charge < -0.3 is 14.9 Å². The molecule has 0 saturated heterocycles. The molecule has 0 unspecified atom stereocenters. The van der Waals surface area contributed by atoms with Crippen molar-refractivity contribution in [3.05, 3.63) is 23.3 Å². The second kappa shape index (κ2) is 4.21. The molecule has 1 aromatic carbocycles. The predicted molar refractivity (Wildman–Crippen MR) is 55.7 cm³/mol. The van der Waals surface area contributed by atoms with Gasteiger partial charge in [-0.3, -0.25) is 0 Å². The molecule has 1 aromatic rings. The zero-order valence-electron chi connectivity index (χ0n) is 8.94. The van der Waals surface area contributed by atoms with Crippen molar-refractivity contribution in [1.82, 2.24) is 0 Å². The summed E-state index contributed by atoms with van der Waals surface area (Å²) in [6, 6.07) is 2.95. The first kappa shape index (κ1) is 11.4. The van der Waals surface area contributed by atoms with Gasteiger partial charge in [-0.1, -0.05) is 13.8 Å². The van der Waals surface area contributed by atoms with Crippen LogP contribution in [0.25, 0.3) is 0 Å². The number of hydrogen-bond acceptors (Lipinski definition) is 3. The van der Waals surface area contributed by atoms with Gasteiger partial charge in [0, 0.05) is 5.56 Å². The summed E-state index contributed by atoms with van der Waals surface area (Å²) in [5.41, 5.74) is 0.449. The van der Waals surface area contributed by atoms with Gasteiger partial charge in [-0.25, -0.2) is 4.79 Å². The average Bonchev–Trinajstić information content (AvgIpc) is 2.17. The molecule has 0 fully saturated rings. The van der Waals surface area contributed by atoms with Crippen LogP contribution in [0.15, 0.2) is 12.1 Å². The van der Waals surface area contributed by atoms with E-state index in [-0.39, 0.29) is 17.2 Å². The van der Waals surface area contributed by atoms with Crippen LogP contribution >= 0.6 is 0 Å². The first-order valence-electron chi connectivity index (χ1n) is 4.61. The molecule has 0 aliphatic carbocycles. The average molecular weight is 210 g/mol. The molecule has 2 N–H and O–H groups in total. The van der Waals surface area contributed by atoms with Crippen molar-refractivity contribution < 1.29 is 19.7 Å². The van der Waals surface area contributed by atoms with Crippen LogP contribution in [-0.2, 0) is 0 Å². The lowest BCUT2D eigenvalue weighted by atomic mass is 9.98. The minimum atomic E-state index is -1.16. The summed E-state index contributed by atoms with van der Waals surface area (Å²) in [5.74, 6) is -0.862. The lowest BCUT2D eigenvalue weighted by Gasteiger charge is -2.12. The Labute approximate surface area is 88.1 Å². The number of methoxy groups -OCH3 is 1. The summed E-state index contributed by atoms with van der Waals surface area (Å²) >= 11 is 0. The van der Waals surface area contributed by atoms with Crippen LogP contribution in [0, 0.1) is 0 Å². The topological polar surface area (TPSA) is 66.8 Å². The van der Waals surface area contributed by atoms with Gasteiger partial charge in [-0.15, -0.1) is 0 Å². The smallest absolute Gasteiger partial charge is 0.339 e. The van der Waals surface area contributed by atoms with Crippen LogP contribution in [0.5, 0.6) is 11.5 Å². The molecule has 0 atom stereocenters. The van der Waals surface area contributed by atoms with Gasteiger partial charge in [-0.05, 0) is 18.1 Å². The van der Waals surface area contributed by atoms with E-state index in [4.69, 9.17) is 9.84 Å². The Morgan fingerprint density at radius 2 is 2.00 bits per heavy atom. The summed E-state index contributed by atoms with van der Waals surface area (Å²) < 4.78 is 4.98. The molecule has 15 heavy (non-hydrogen) atoms. The lowest BCUT2D eigenvalue weighted by Crippen LogP contribution is -2.01. The van der Waals surface area contributed by atoms with E-state index in [1.54, 1.807) is 6.07 Å². The summed E-state index contributed by atoms with van der Waals surface area (Å²) in [6.07, 6.45) is 0. The third-order valence-corrected chi connectivity index (χ3v) is 2.20. The quantitative estimate of drug-likeness (QED) is 0.802. The fourth-order valence-electron chi connectivity index (χ4n) is 1.35. The number of carboxylic acids is 1. The monoisotopic (exact) mass is 210 g/mol. The highest BCUT2D eigenvalue weighted by atomic mass is 16.5. The number of aromatic carboxylic acids is 1. The van der Waals surface area contributed by atoms with Crippen LogP contribution < -0.4 is 4.74 Å². The van der Waals surface area contributed by atoms with E-state index in [2.05, 4.69) is 0 Å². The van der Waals surface area contributed by atoms with Crippen molar-refractivity contribution in [3.63, 3.8) is 0 Å². The predicted octanol–water partition coefficient (Wildman–Crippen LogP) is 2.22. The van der Waals surface area contributed by atoms with Crippen molar-refractivity contribution in [2.45, 2.75) is 19.8 Å². The number of phenols is 1. The highest BCUT2D eigenvalue weighted by Gasteiger charge is 2.17. The molecule has 0 saturated carbocycles. The fraction of sp³-hybridized carbons (Fsp3) is 0.364. The third kappa shape index (κ3) is 2.21. The van der Waals surface area contributed by atoms with Crippen LogP contribution in [0.3, 0.4) is 0 Å². The van der Waals surface area contributed by atoms with Crippen LogP contribution in [0.1, 0.15) is 35.7 Å². The van der Waals surface area contributed by atoms with Crippen LogP contribution in [0.2, 0.25) is 0 Å². The largest absolute Gasteiger partial charge is 0.507 e. The van der Waals surface area contributed by atoms with E-state index in [0.717, 1.165) is 0 Å². The maximum Gasteiger partial charge on any atom is 0.339 e. The fourth-order valence-corrected chi connectivity index (χ4v) is 1.35. The molecule has 0 bridgehead atoms. The maximum absolute atomic E-state index is 10.8. The van der Waals surface area contributed by atoms with Gasteiger partial charge in [0.15, 0.2) is 0 Å². The Balaban J connectivity index is 3.40. The van der Waals surface area contributed by atoms with E-state index >= 15 is 0 Å². The summed E-state index contributed by atoms with van der Waals surface area (Å²) in [7, 11) is 1.46. The highest BCUT2D eigenvalue weighted by Crippen LogP contribution is 2.33. The van der Waals surface area contributed by atoms with Gasteiger partial charge >= 0.3 is 5.97 Å². The highest BCUT2D eigenvalue weighted by molar-refractivity contribution is 5.92. The van der Waals surface area contributed by atoms with E-state index in [1.807, 2.05) is 13.8 Å². The zero-order valence-corrected chi connectivity index (χ0v) is 8.94. The Morgan fingerprint density at radius 1 is 1.40 bits per heavy atom. The van der Waals surface area contributed by atoms with Crippen molar-refractivity contribution >= 4 is 5.97 Å². The van der Waals surface area contributed by atoms with Crippen molar-refractivity contribution in [1.29, 1.82) is 0 Å². The number of benzene rings is 1. The SMILES string of the molecule is COc1cc(C(=O)O)c(O)c(C(C)C)c1. The molecule has 0 aromatic heterocycles. The molecule has 0 heterocycles. The lowest BCUT2D eigenvalue weighted by molar-refractivity contribution is 0.0693. The molecule has 0 radical (unpaired) electrons. The van der Waals surface area contributed by atoms with Crippen molar-refractivity contribution in [2.24, 2.45) is 0 Å². The summed E-state index contributed by atoms with van der Waals surface area (Å²) in [5, 5.41) is 18.6. The van der Waals surface area contributed by atoms with Crippen LogP contribution in [-0.4, -0.2) is 23.3 Å². The number of hydrogen-bond donors (Lipinski definition) is 2. The van der Waals surface area contributed by atoms with Crippen molar-refractivity contribution in [2.75, 3.05) is 7.11 Å². The normalized spacial score (nSPS) is 10.4. The molecule has 1 rings (SSSR count). The van der Waals surface area contributed by atoms with E-state index < -0.39 is 5.97 Å². The first-order valence-corrected chi connectivity index (χ1v) is 4.61. The molecule has 0 aliphatic heterocycles. The number of rotatable bonds is 3. The Kier molecular flexibility index (Phi) is 3.19. The summed E-state index contributed by atoms with van der Waals surface area (Å²) in [6.45, 7) is 3.75. The van der Waals surface area contributed by atoms with Gasteiger partial charge in [0.05, 0.1) is 7.11 Å². The number of carboxylic acid groups (broad SMARTS) is 1. The molecular formula is C11H14O4. The zero-order chi connectivity index (χ0) is 11.6. The van der Waals surface area contributed by atoms with E-state index in [0.29, 0.717) is 11.3 Å². The standard InChI is InChI=1S/C11H14O4/c1-6(2)8-4-7(15-3)5-9(10(8)12)11(13)14/h4-6,12H,1-3H3,(H,13,14). The molecule has 0 amide bonds. The number of aromatic hydroxyl groups is 1. The minimum absolute atomic E-state index is 0.0400. The van der Waals surface area contributed by atoms with Crippen LogP contribution in [0.4, 0.5) is 0 Å². The Morgan fingerprint density at radius 3 is 2.40 bits per heavy atom. The second-order valence-electron chi connectivity index (χ2n) is 3.57. The molecule has 82 valence electrons. The third-order valence-electron chi connectivity index (χ3n) is 2.20. The number of carbonyl (C=O) groups is 1. The van der Waals surface area contributed by atoms with E-state index in [1.165, 1.54) is 13.2 Å². The maximum atomic E-state index is 10.8. The molecule has 4 heteroatoms. The first-order chi connectivity index (χ1) is 6.97. The molecule has 0 aliphatic rings.